The van der Waals surface area contributed by atoms with Gasteiger partial charge in [-0.05, 0) is 23.3 Å². The van der Waals surface area contributed by atoms with Crippen LogP contribution in [0.2, 0.25) is 0 Å². The number of nitrogens with zero attached hydrogens (tertiary/aromatic N) is 1. The molecule has 0 aromatic heterocycles. The van der Waals surface area contributed by atoms with E-state index in [2.05, 4.69) is 5.32 Å². The molecule has 0 bridgehead atoms. The minimum Gasteiger partial charge on any atom is -0.357 e. The molecule has 0 fully saturated rings. The molecule has 0 aliphatic heterocycles. The van der Waals surface area contributed by atoms with Gasteiger partial charge in [-0.3, -0.25) is 9.59 Å². The molecule has 0 heterocycles. The minimum atomic E-state index is -0.582. The SMILES string of the molecule is CNC(=O)[C@H](Cc1ccccc1)N(Cc1ccccc1)C(=O)CSc1ccccc1. The van der Waals surface area contributed by atoms with Gasteiger partial charge in [-0.15, -0.1) is 11.8 Å². The van der Waals surface area contributed by atoms with Crippen molar-refractivity contribution in [1.82, 2.24) is 10.2 Å². The van der Waals surface area contributed by atoms with Crippen molar-refractivity contribution in [3.63, 3.8) is 0 Å². The molecule has 0 unspecified atom stereocenters. The molecule has 3 aromatic carbocycles. The Balaban J connectivity index is 1.84. The van der Waals surface area contributed by atoms with Crippen LogP contribution in [0.5, 0.6) is 0 Å². The predicted octanol–water partition coefficient (Wildman–Crippen LogP) is 4.16. The van der Waals surface area contributed by atoms with Crippen molar-refractivity contribution >= 4 is 23.6 Å². The van der Waals surface area contributed by atoms with E-state index in [1.807, 2.05) is 91.0 Å². The van der Waals surface area contributed by atoms with Crippen LogP contribution in [-0.2, 0) is 22.6 Å². The van der Waals surface area contributed by atoms with Crippen molar-refractivity contribution in [3.05, 3.63) is 102 Å². The molecule has 0 aliphatic carbocycles. The van der Waals surface area contributed by atoms with E-state index < -0.39 is 6.04 Å². The molecular formula is C25H26N2O2S. The van der Waals surface area contributed by atoms with E-state index in [0.29, 0.717) is 13.0 Å². The highest BCUT2D eigenvalue weighted by Gasteiger charge is 2.29. The number of amides is 2. The Labute approximate surface area is 182 Å². The second-order valence-electron chi connectivity index (χ2n) is 6.93. The van der Waals surface area contributed by atoms with Gasteiger partial charge in [-0.2, -0.15) is 0 Å². The van der Waals surface area contributed by atoms with Crippen LogP contribution < -0.4 is 5.32 Å². The molecule has 4 nitrogen and oxygen atoms in total. The van der Waals surface area contributed by atoms with Crippen molar-refractivity contribution < 1.29 is 9.59 Å². The summed E-state index contributed by atoms with van der Waals surface area (Å²) in [6.07, 6.45) is 0.467. The lowest BCUT2D eigenvalue weighted by Crippen LogP contribution is -2.50. The van der Waals surface area contributed by atoms with E-state index in [1.165, 1.54) is 11.8 Å². The van der Waals surface area contributed by atoms with Gasteiger partial charge in [0.25, 0.3) is 0 Å². The maximum Gasteiger partial charge on any atom is 0.242 e. The molecule has 0 saturated heterocycles. The first kappa shape index (κ1) is 21.7. The largest absolute Gasteiger partial charge is 0.357 e. The molecule has 0 spiro atoms. The normalized spacial score (nSPS) is 11.5. The first-order chi connectivity index (χ1) is 14.7. The third-order valence-electron chi connectivity index (χ3n) is 4.82. The molecule has 0 aliphatic rings. The van der Waals surface area contributed by atoms with Crippen LogP contribution in [0.25, 0.3) is 0 Å². The summed E-state index contributed by atoms with van der Waals surface area (Å²) in [5.74, 6) is 0.0594. The van der Waals surface area contributed by atoms with Crippen LogP contribution in [0.1, 0.15) is 11.1 Å². The Morgan fingerprint density at radius 3 is 1.93 bits per heavy atom. The van der Waals surface area contributed by atoms with Crippen LogP contribution in [0, 0.1) is 0 Å². The third-order valence-corrected chi connectivity index (χ3v) is 5.82. The van der Waals surface area contributed by atoms with Crippen molar-refractivity contribution in [2.75, 3.05) is 12.8 Å². The molecule has 1 atom stereocenters. The molecule has 0 radical (unpaired) electrons. The average Bonchev–Trinajstić information content (AvgIpc) is 2.81. The van der Waals surface area contributed by atoms with Gasteiger partial charge in [-0.1, -0.05) is 78.9 Å². The zero-order chi connectivity index (χ0) is 21.2. The fraction of sp³-hybridized carbons (Fsp3) is 0.200. The van der Waals surface area contributed by atoms with Crippen LogP contribution in [-0.4, -0.2) is 35.6 Å². The first-order valence-electron chi connectivity index (χ1n) is 9.94. The first-order valence-corrected chi connectivity index (χ1v) is 10.9. The predicted molar refractivity (Wildman–Crippen MR) is 122 cm³/mol. The summed E-state index contributed by atoms with van der Waals surface area (Å²) in [6, 6.07) is 28.9. The number of nitrogens with one attached hydrogen (secondary N) is 1. The van der Waals surface area contributed by atoms with Gasteiger partial charge >= 0.3 is 0 Å². The van der Waals surface area contributed by atoms with Crippen molar-refractivity contribution in [3.8, 4) is 0 Å². The van der Waals surface area contributed by atoms with Gasteiger partial charge in [0.15, 0.2) is 0 Å². The van der Waals surface area contributed by atoms with E-state index in [-0.39, 0.29) is 17.6 Å². The van der Waals surface area contributed by atoms with E-state index >= 15 is 0 Å². The highest BCUT2D eigenvalue weighted by molar-refractivity contribution is 8.00. The lowest BCUT2D eigenvalue weighted by atomic mass is 10.0. The highest BCUT2D eigenvalue weighted by Crippen LogP contribution is 2.20. The Morgan fingerprint density at radius 2 is 1.37 bits per heavy atom. The summed E-state index contributed by atoms with van der Waals surface area (Å²) >= 11 is 1.49. The molecule has 1 N–H and O–H groups in total. The van der Waals surface area contributed by atoms with Gasteiger partial charge in [-0.25, -0.2) is 0 Å². The lowest BCUT2D eigenvalue weighted by molar-refractivity contribution is -0.139. The molecular weight excluding hydrogens is 392 g/mol. The molecule has 5 heteroatoms. The number of hydrogen-bond acceptors (Lipinski definition) is 3. The number of rotatable bonds is 9. The van der Waals surface area contributed by atoms with Gasteiger partial charge in [0.1, 0.15) is 6.04 Å². The summed E-state index contributed by atoms with van der Waals surface area (Å²) in [5, 5.41) is 2.74. The van der Waals surface area contributed by atoms with E-state index in [0.717, 1.165) is 16.0 Å². The van der Waals surface area contributed by atoms with E-state index in [1.54, 1.807) is 11.9 Å². The Hall–Kier alpha value is -3.05. The van der Waals surface area contributed by atoms with Crippen molar-refractivity contribution in [1.29, 1.82) is 0 Å². The molecule has 0 saturated carbocycles. The zero-order valence-corrected chi connectivity index (χ0v) is 17.8. The third kappa shape index (κ3) is 6.22. The Morgan fingerprint density at radius 1 is 0.833 bits per heavy atom. The second kappa shape index (κ2) is 11.2. The molecule has 2 amide bonds. The lowest BCUT2D eigenvalue weighted by Gasteiger charge is -2.31. The van der Waals surface area contributed by atoms with E-state index in [9.17, 15) is 9.59 Å². The second-order valence-corrected chi connectivity index (χ2v) is 7.98. The quantitative estimate of drug-likeness (QED) is 0.531. The molecule has 3 rings (SSSR count). The van der Waals surface area contributed by atoms with Gasteiger partial charge in [0.05, 0.1) is 5.75 Å². The molecule has 30 heavy (non-hydrogen) atoms. The van der Waals surface area contributed by atoms with Gasteiger partial charge in [0.2, 0.25) is 11.8 Å². The van der Waals surface area contributed by atoms with Crippen LogP contribution in [0.4, 0.5) is 0 Å². The van der Waals surface area contributed by atoms with Crippen LogP contribution >= 0.6 is 11.8 Å². The summed E-state index contributed by atoms with van der Waals surface area (Å²) < 4.78 is 0. The summed E-state index contributed by atoms with van der Waals surface area (Å²) in [5.41, 5.74) is 2.02. The fourth-order valence-corrected chi connectivity index (χ4v) is 4.05. The van der Waals surface area contributed by atoms with Gasteiger partial charge < -0.3 is 10.2 Å². The number of benzene rings is 3. The smallest absolute Gasteiger partial charge is 0.242 e. The van der Waals surface area contributed by atoms with Crippen molar-refractivity contribution in [2.24, 2.45) is 0 Å². The van der Waals surface area contributed by atoms with E-state index in [4.69, 9.17) is 0 Å². The molecule has 154 valence electrons. The standard InChI is InChI=1S/C25H26N2O2S/c1-26-25(29)23(17-20-11-5-2-6-12-20)27(18-21-13-7-3-8-14-21)24(28)19-30-22-15-9-4-10-16-22/h2-16,23H,17-19H2,1H3,(H,26,29)/t23-/m0/s1. The highest BCUT2D eigenvalue weighted by atomic mass is 32.2. The van der Waals surface area contributed by atoms with Crippen molar-refractivity contribution in [2.45, 2.75) is 23.9 Å². The van der Waals surface area contributed by atoms with Gasteiger partial charge in [0, 0.05) is 24.9 Å². The maximum atomic E-state index is 13.3. The summed E-state index contributed by atoms with van der Waals surface area (Å²) in [4.78, 5) is 28.9. The van der Waals surface area contributed by atoms with Crippen LogP contribution in [0.3, 0.4) is 0 Å². The van der Waals surface area contributed by atoms with Crippen LogP contribution in [0.15, 0.2) is 95.9 Å². The minimum absolute atomic E-state index is 0.0581. The fourth-order valence-electron chi connectivity index (χ4n) is 3.25. The average molecular weight is 419 g/mol. The zero-order valence-electron chi connectivity index (χ0n) is 17.0. The number of thioether (sulfide) groups is 1. The number of likely N-dealkylation sites (N-methyl/N-ethyl adjacent to an activating group) is 1. The maximum absolute atomic E-state index is 13.3. The number of carbonyl (C=O) groups is 2. The Bertz CT molecular complexity index is 933. The number of hydrogen-bond donors (Lipinski definition) is 1. The summed E-state index contributed by atoms with van der Waals surface area (Å²) in [6.45, 7) is 0.389. The summed E-state index contributed by atoms with van der Waals surface area (Å²) in [7, 11) is 1.62. The number of carbonyl (C=O) groups excluding carboxylic acids is 2. The Kier molecular flexibility index (Phi) is 8.10. The molecule has 3 aromatic rings. The topological polar surface area (TPSA) is 49.4 Å². The monoisotopic (exact) mass is 418 g/mol.